The lowest BCUT2D eigenvalue weighted by Gasteiger charge is -1.98. The zero-order chi connectivity index (χ0) is 10.3. The molecule has 2 aromatic heterocycles. The van der Waals surface area contributed by atoms with E-state index in [0.29, 0.717) is 5.52 Å². The van der Waals surface area contributed by atoms with Gasteiger partial charge < -0.3 is 5.11 Å². The van der Waals surface area contributed by atoms with Gasteiger partial charge >= 0.3 is 5.97 Å². The molecular weight excluding hydrogens is 227 g/mol. The third kappa shape index (κ3) is 1.23. The van der Waals surface area contributed by atoms with Gasteiger partial charge in [-0.2, -0.15) is 0 Å². The van der Waals surface area contributed by atoms with Crippen molar-refractivity contribution in [2.24, 2.45) is 0 Å². The van der Waals surface area contributed by atoms with Crippen molar-refractivity contribution in [3.8, 4) is 0 Å². The molecule has 2 heterocycles. The van der Waals surface area contributed by atoms with Crippen molar-refractivity contribution in [1.82, 2.24) is 9.38 Å². The molecule has 0 saturated heterocycles. The molecule has 0 aliphatic rings. The van der Waals surface area contributed by atoms with Gasteiger partial charge in [-0.25, -0.2) is 9.78 Å². The minimum atomic E-state index is -1.17. The van der Waals surface area contributed by atoms with Crippen molar-refractivity contribution in [1.29, 1.82) is 0 Å². The first-order chi connectivity index (χ1) is 6.61. The summed E-state index contributed by atoms with van der Waals surface area (Å²) >= 11 is 11.6. The molecule has 0 radical (unpaired) electrons. The lowest BCUT2D eigenvalue weighted by atomic mass is 10.4. The van der Waals surface area contributed by atoms with Gasteiger partial charge in [0, 0.05) is 0 Å². The molecule has 0 spiro atoms. The SMILES string of the molecule is O=C(O)c1nc(Cl)c2cccc(Cl)n12. The van der Waals surface area contributed by atoms with Crippen molar-refractivity contribution in [2.75, 3.05) is 0 Å². The summed E-state index contributed by atoms with van der Waals surface area (Å²) in [5.74, 6) is -1.35. The molecule has 0 unspecified atom stereocenters. The number of imidazole rings is 1. The van der Waals surface area contributed by atoms with E-state index in [1.807, 2.05) is 0 Å². The Bertz CT molecular complexity index is 521. The summed E-state index contributed by atoms with van der Waals surface area (Å²) in [7, 11) is 0. The van der Waals surface area contributed by atoms with Crippen molar-refractivity contribution in [3.63, 3.8) is 0 Å². The Hall–Kier alpha value is -1.26. The van der Waals surface area contributed by atoms with E-state index in [2.05, 4.69) is 4.98 Å². The van der Waals surface area contributed by atoms with E-state index in [1.165, 1.54) is 4.40 Å². The first-order valence-corrected chi connectivity index (χ1v) is 4.42. The molecule has 0 aromatic carbocycles. The number of carbonyl (C=O) groups is 1. The maximum absolute atomic E-state index is 10.8. The number of aromatic nitrogens is 2. The van der Waals surface area contributed by atoms with E-state index < -0.39 is 5.97 Å². The van der Waals surface area contributed by atoms with Gasteiger partial charge in [-0.1, -0.05) is 29.3 Å². The highest BCUT2D eigenvalue weighted by Crippen LogP contribution is 2.22. The molecular formula is C8H4Cl2N2O2. The molecule has 0 aliphatic carbocycles. The molecule has 0 amide bonds. The van der Waals surface area contributed by atoms with Crippen LogP contribution in [0.3, 0.4) is 0 Å². The van der Waals surface area contributed by atoms with E-state index in [1.54, 1.807) is 18.2 Å². The molecule has 0 bridgehead atoms. The number of pyridine rings is 1. The Morgan fingerprint density at radius 2 is 2.14 bits per heavy atom. The maximum Gasteiger partial charge on any atom is 0.372 e. The normalized spacial score (nSPS) is 10.7. The first kappa shape index (κ1) is 9.30. The predicted molar refractivity (Wildman–Crippen MR) is 52.2 cm³/mol. The van der Waals surface area contributed by atoms with Gasteiger partial charge in [0.15, 0.2) is 5.15 Å². The number of hydrogen-bond donors (Lipinski definition) is 1. The fraction of sp³-hybridized carbons (Fsp3) is 0. The second-order valence-corrected chi connectivity index (χ2v) is 3.35. The highest BCUT2D eigenvalue weighted by atomic mass is 35.5. The molecule has 0 aliphatic heterocycles. The third-order valence-electron chi connectivity index (χ3n) is 1.76. The van der Waals surface area contributed by atoms with Gasteiger partial charge in [0.25, 0.3) is 0 Å². The van der Waals surface area contributed by atoms with Gasteiger partial charge in [0.05, 0.1) is 5.52 Å². The van der Waals surface area contributed by atoms with E-state index in [9.17, 15) is 4.79 Å². The fourth-order valence-corrected chi connectivity index (χ4v) is 1.67. The van der Waals surface area contributed by atoms with Crippen molar-refractivity contribution in [3.05, 3.63) is 34.3 Å². The molecule has 0 fully saturated rings. The van der Waals surface area contributed by atoms with E-state index >= 15 is 0 Å². The number of nitrogens with zero attached hydrogens (tertiary/aromatic N) is 2. The third-order valence-corrected chi connectivity index (χ3v) is 2.33. The average molecular weight is 231 g/mol. The molecule has 72 valence electrons. The Labute approximate surface area is 88.7 Å². The summed E-state index contributed by atoms with van der Waals surface area (Å²) < 4.78 is 1.28. The zero-order valence-electron chi connectivity index (χ0n) is 6.74. The van der Waals surface area contributed by atoms with Gasteiger partial charge in [-0.05, 0) is 12.1 Å². The van der Waals surface area contributed by atoms with E-state index in [-0.39, 0.29) is 16.1 Å². The van der Waals surface area contributed by atoms with Crippen LogP contribution in [-0.2, 0) is 0 Å². The summed E-state index contributed by atoms with van der Waals surface area (Å²) in [6.45, 7) is 0. The first-order valence-electron chi connectivity index (χ1n) is 3.67. The van der Waals surface area contributed by atoms with Crippen LogP contribution in [0.5, 0.6) is 0 Å². The Morgan fingerprint density at radius 3 is 2.79 bits per heavy atom. The largest absolute Gasteiger partial charge is 0.475 e. The Kier molecular flexibility index (Phi) is 2.09. The van der Waals surface area contributed by atoms with Crippen LogP contribution in [0.25, 0.3) is 5.52 Å². The molecule has 2 rings (SSSR count). The zero-order valence-corrected chi connectivity index (χ0v) is 8.25. The van der Waals surface area contributed by atoms with Crippen LogP contribution >= 0.6 is 23.2 Å². The predicted octanol–water partition coefficient (Wildman–Crippen LogP) is 2.34. The van der Waals surface area contributed by atoms with E-state index in [0.717, 1.165) is 0 Å². The second kappa shape index (κ2) is 3.15. The number of carboxylic acids is 1. The molecule has 1 N–H and O–H groups in total. The van der Waals surface area contributed by atoms with Gasteiger partial charge in [0.2, 0.25) is 5.82 Å². The molecule has 0 atom stereocenters. The number of rotatable bonds is 1. The molecule has 2 aromatic rings. The van der Waals surface area contributed by atoms with Crippen LogP contribution in [0.15, 0.2) is 18.2 Å². The van der Waals surface area contributed by atoms with Crippen LogP contribution in [0.1, 0.15) is 10.6 Å². The second-order valence-electron chi connectivity index (χ2n) is 2.60. The molecule has 14 heavy (non-hydrogen) atoms. The fourth-order valence-electron chi connectivity index (χ4n) is 1.20. The lowest BCUT2D eigenvalue weighted by Crippen LogP contribution is -2.03. The number of hydrogen-bond acceptors (Lipinski definition) is 2. The average Bonchev–Trinajstić information content (AvgIpc) is 2.46. The highest BCUT2D eigenvalue weighted by Gasteiger charge is 2.16. The van der Waals surface area contributed by atoms with Crippen molar-refractivity contribution in [2.45, 2.75) is 0 Å². The molecule has 6 heteroatoms. The summed E-state index contributed by atoms with van der Waals surface area (Å²) in [4.78, 5) is 14.5. The quantitative estimate of drug-likeness (QED) is 0.766. The summed E-state index contributed by atoms with van der Waals surface area (Å²) in [6, 6.07) is 4.89. The maximum atomic E-state index is 10.8. The van der Waals surface area contributed by atoms with Gasteiger partial charge in [-0.3, -0.25) is 4.40 Å². The minimum Gasteiger partial charge on any atom is -0.475 e. The van der Waals surface area contributed by atoms with Crippen LogP contribution in [0.4, 0.5) is 0 Å². The molecule has 0 saturated carbocycles. The standard InChI is InChI=1S/C8H4Cl2N2O2/c9-5-3-1-2-4-6(10)11-7(8(13)14)12(4)5/h1-3H,(H,13,14). The topological polar surface area (TPSA) is 54.6 Å². The summed E-state index contributed by atoms with van der Waals surface area (Å²) in [5, 5.41) is 9.21. The number of halogens is 2. The number of fused-ring (bicyclic) bond motifs is 1. The summed E-state index contributed by atoms with van der Waals surface area (Å²) in [5.41, 5.74) is 0.483. The Morgan fingerprint density at radius 1 is 1.43 bits per heavy atom. The van der Waals surface area contributed by atoms with Gasteiger partial charge in [-0.15, -0.1) is 0 Å². The van der Waals surface area contributed by atoms with Gasteiger partial charge in [0.1, 0.15) is 5.15 Å². The Balaban J connectivity index is 2.93. The summed E-state index contributed by atoms with van der Waals surface area (Å²) in [6.07, 6.45) is 0. The van der Waals surface area contributed by atoms with Crippen molar-refractivity contribution < 1.29 is 9.90 Å². The molecule has 4 nitrogen and oxygen atoms in total. The van der Waals surface area contributed by atoms with Crippen LogP contribution < -0.4 is 0 Å². The monoisotopic (exact) mass is 230 g/mol. The number of aromatic carboxylic acids is 1. The highest BCUT2D eigenvalue weighted by molar-refractivity contribution is 6.34. The van der Waals surface area contributed by atoms with Crippen LogP contribution in [-0.4, -0.2) is 20.5 Å². The van der Waals surface area contributed by atoms with Crippen molar-refractivity contribution >= 4 is 34.7 Å². The van der Waals surface area contributed by atoms with Crippen LogP contribution in [0.2, 0.25) is 10.3 Å². The minimum absolute atomic E-state index is 0.130. The lowest BCUT2D eigenvalue weighted by molar-refractivity contribution is 0.0683. The van der Waals surface area contributed by atoms with Crippen LogP contribution in [0, 0.1) is 0 Å². The smallest absolute Gasteiger partial charge is 0.372 e. The number of carboxylic acid groups (broad SMARTS) is 1. The van der Waals surface area contributed by atoms with E-state index in [4.69, 9.17) is 28.3 Å².